The van der Waals surface area contributed by atoms with Crippen LogP contribution in [0, 0.1) is 6.92 Å². The Morgan fingerprint density at radius 3 is 2.90 bits per heavy atom. The van der Waals surface area contributed by atoms with Crippen LogP contribution in [0.4, 0.5) is 5.95 Å². The topological polar surface area (TPSA) is 88.5 Å². The van der Waals surface area contributed by atoms with Crippen LogP contribution in [-0.2, 0) is 6.54 Å². The standard InChI is InChI=1S/C12H18N6OS/c1-4-6-13-10-14-8(3)7-9(15-10)20-12-17-16-11(19)18(12)5-2/h7H,4-6H2,1-3H3,(H,16,19)(H,13,14,15). The highest BCUT2D eigenvalue weighted by Gasteiger charge is 2.10. The molecule has 0 aliphatic rings. The Hall–Kier alpha value is -1.83. The monoisotopic (exact) mass is 294 g/mol. The molecule has 2 heterocycles. The Bertz CT molecular complexity index is 635. The minimum Gasteiger partial charge on any atom is -0.354 e. The molecule has 0 aliphatic carbocycles. The van der Waals surface area contributed by atoms with Crippen LogP contribution >= 0.6 is 11.8 Å². The Morgan fingerprint density at radius 1 is 1.40 bits per heavy atom. The molecule has 7 nitrogen and oxygen atoms in total. The van der Waals surface area contributed by atoms with E-state index in [2.05, 4.69) is 32.4 Å². The number of aromatic amines is 1. The van der Waals surface area contributed by atoms with Crippen molar-refractivity contribution in [3.63, 3.8) is 0 Å². The van der Waals surface area contributed by atoms with Crippen LogP contribution in [0.1, 0.15) is 26.0 Å². The Morgan fingerprint density at radius 2 is 2.20 bits per heavy atom. The van der Waals surface area contributed by atoms with Crippen LogP contribution in [0.3, 0.4) is 0 Å². The smallest absolute Gasteiger partial charge is 0.343 e. The lowest BCUT2D eigenvalue weighted by Crippen LogP contribution is -2.16. The predicted octanol–water partition coefficient (Wildman–Crippen LogP) is 1.66. The zero-order chi connectivity index (χ0) is 14.5. The molecular formula is C12H18N6OS. The average Bonchev–Trinajstić information content (AvgIpc) is 2.76. The van der Waals surface area contributed by atoms with Gasteiger partial charge in [-0.15, -0.1) is 5.10 Å². The molecule has 0 radical (unpaired) electrons. The van der Waals surface area contributed by atoms with Crippen molar-refractivity contribution < 1.29 is 0 Å². The maximum absolute atomic E-state index is 11.5. The summed E-state index contributed by atoms with van der Waals surface area (Å²) in [5.41, 5.74) is 0.673. The number of hydrogen-bond acceptors (Lipinski definition) is 6. The Balaban J connectivity index is 2.24. The molecule has 0 saturated heterocycles. The molecule has 8 heteroatoms. The van der Waals surface area contributed by atoms with Gasteiger partial charge in [0.1, 0.15) is 5.03 Å². The first-order chi connectivity index (χ1) is 9.63. The van der Waals surface area contributed by atoms with Crippen LogP contribution in [0.5, 0.6) is 0 Å². The maximum Gasteiger partial charge on any atom is 0.343 e. The highest BCUT2D eigenvalue weighted by atomic mass is 32.2. The molecule has 0 aliphatic heterocycles. The van der Waals surface area contributed by atoms with Gasteiger partial charge in [0.05, 0.1) is 0 Å². The maximum atomic E-state index is 11.5. The lowest BCUT2D eigenvalue weighted by molar-refractivity contribution is 0.660. The van der Waals surface area contributed by atoms with Crippen molar-refractivity contribution in [1.29, 1.82) is 0 Å². The summed E-state index contributed by atoms with van der Waals surface area (Å²) in [5, 5.41) is 11.0. The summed E-state index contributed by atoms with van der Waals surface area (Å²) in [6, 6.07) is 1.88. The third kappa shape index (κ3) is 3.38. The minimum absolute atomic E-state index is 0.204. The zero-order valence-corrected chi connectivity index (χ0v) is 12.6. The zero-order valence-electron chi connectivity index (χ0n) is 11.8. The number of nitrogens with zero attached hydrogens (tertiary/aromatic N) is 4. The predicted molar refractivity (Wildman–Crippen MR) is 78.2 cm³/mol. The van der Waals surface area contributed by atoms with Gasteiger partial charge in [-0.3, -0.25) is 4.57 Å². The van der Waals surface area contributed by atoms with Crippen molar-refractivity contribution in [3.8, 4) is 0 Å². The largest absolute Gasteiger partial charge is 0.354 e. The second kappa shape index (κ2) is 6.56. The quantitative estimate of drug-likeness (QED) is 0.788. The van der Waals surface area contributed by atoms with Crippen molar-refractivity contribution in [3.05, 3.63) is 22.2 Å². The van der Waals surface area contributed by atoms with Crippen LogP contribution in [-0.4, -0.2) is 31.3 Å². The molecular weight excluding hydrogens is 276 g/mol. The number of aromatic nitrogens is 5. The van der Waals surface area contributed by atoms with E-state index in [1.165, 1.54) is 11.8 Å². The fourth-order valence-corrected chi connectivity index (χ4v) is 2.62. The SMILES string of the molecule is CCCNc1nc(C)cc(Sc2n[nH]c(=O)n2CC)n1. The third-order valence-electron chi connectivity index (χ3n) is 2.60. The molecule has 2 aromatic heterocycles. The number of H-pyrrole nitrogens is 1. The summed E-state index contributed by atoms with van der Waals surface area (Å²) >= 11 is 1.35. The van der Waals surface area contributed by atoms with Crippen LogP contribution in [0.15, 0.2) is 21.0 Å². The van der Waals surface area contributed by atoms with E-state index >= 15 is 0 Å². The average molecular weight is 294 g/mol. The summed E-state index contributed by atoms with van der Waals surface area (Å²) in [7, 11) is 0. The van der Waals surface area contributed by atoms with Gasteiger partial charge in [0, 0.05) is 18.8 Å². The fraction of sp³-hybridized carbons (Fsp3) is 0.500. The first-order valence-electron chi connectivity index (χ1n) is 6.56. The summed E-state index contributed by atoms with van der Waals surface area (Å²) < 4.78 is 1.57. The van der Waals surface area contributed by atoms with Gasteiger partial charge in [-0.25, -0.2) is 19.9 Å². The van der Waals surface area contributed by atoms with Gasteiger partial charge in [0.25, 0.3) is 0 Å². The third-order valence-corrected chi connectivity index (χ3v) is 3.51. The number of nitrogens with one attached hydrogen (secondary N) is 2. The fourth-order valence-electron chi connectivity index (χ4n) is 1.66. The van der Waals surface area contributed by atoms with E-state index in [0.29, 0.717) is 17.6 Å². The van der Waals surface area contributed by atoms with Crippen molar-refractivity contribution in [1.82, 2.24) is 24.7 Å². The summed E-state index contributed by atoms with van der Waals surface area (Å²) in [6.07, 6.45) is 1.01. The second-order valence-corrected chi connectivity index (χ2v) is 5.24. The first-order valence-corrected chi connectivity index (χ1v) is 7.38. The summed E-state index contributed by atoms with van der Waals surface area (Å²) in [6.45, 7) is 7.31. The molecule has 0 spiro atoms. The number of aryl methyl sites for hydroxylation is 1. The minimum atomic E-state index is -0.204. The van der Waals surface area contributed by atoms with Crippen LogP contribution in [0.25, 0.3) is 0 Å². The molecule has 0 unspecified atom stereocenters. The van der Waals surface area contributed by atoms with Crippen LogP contribution in [0.2, 0.25) is 0 Å². The van der Waals surface area contributed by atoms with Crippen molar-refractivity contribution in [2.45, 2.75) is 43.9 Å². The van der Waals surface area contributed by atoms with Gasteiger partial charge in [-0.1, -0.05) is 6.92 Å². The lowest BCUT2D eigenvalue weighted by atomic mass is 10.4. The van der Waals surface area contributed by atoms with Crippen molar-refractivity contribution in [2.75, 3.05) is 11.9 Å². The van der Waals surface area contributed by atoms with Gasteiger partial charge < -0.3 is 5.32 Å². The molecule has 2 N–H and O–H groups in total. The van der Waals surface area contributed by atoms with Gasteiger partial charge in [-0.05, 0) is 38.1 Å². The summed E-state index contributed by atoms with van der Waals surface area (Å²) in [4.78, 5) is 20.3. The van der Waals surface area contributed by atoms with Gasteiger partial charge in [0.2, 0.25) is 5.95 Å². The normalized spacial score (nSPS) is 10.8. The lowest BCUT2D eigenvalue weighted by Gasteiger charge is -2.07. The molecule has 0 atom stereocenters. The van der Waals surface area contributed by atoms with Gasteiger partial charge >= 0.3 is 5.69 Å². The second-order valence-electron chi connectivity index (χ2n) is 4.26. The number of hydrogen-bond donors (Lipinski definition) is 2. The van der Waals surface area contributed by atoms with Gasteiger partial charge in [0.15, 0.2) is 5.16 Å². The number of anilines is 1. The van der Waals surface area contributed by atoms with Gasteiger partial charge in [-0.2, -0.15) is 0 Å². The Kier molecular flexibility index (Phi) is 4.78. The molecule has 0 amide bonds. The molecule has 2 aromatic rings. The molecule has 0 saturated carbocycles. The molecule has 0 bridgehead atoms. The molecule has 20 heavy (non-hydrogen) atoms. The Labute approximate surface area is 121 Å². The van der Waals surface area contributed by atoms with E-state index in [-0.39, 0.29) is 5.69 Å². The molecule has 0 aromatic carbocycles. The van der Waals surface area contributed by atoms with E-state index in [1.807, 2.05) is 19.9 Å². The number of rotatable bonds is 6. The molecule has 0 fully saturated rings. The summed E-state index contributed by atoms with van der Waals surface area (Å²) in [5.74, 6) is 0.607. The molecule has 108 valence electrons. The first kappa shape index (κ1) is 14.6. The van der Waals surface area contributed by atoms with Crippen molar-refractivity contribution in [2.24, 2.45) is 0 Å². The van der Waals surface area contributed by atoms with E-state index in [9.17, 15) is 4.79 Å². The van der Waals surface area contributed by atoms with E-state index in [1.54, 1.807) is 4.57 Å². The van der Waals surface area contributed by atoms with E-state index in [4.69, 9.17) is 0 Å². The highest BCUT2D eigenvalue weighted by molar-refractivity contribution is 7.99. The van der Waals surface area contributed by atoms with E-state index < -0.39 is 0 Å². The van der Waals surface area contributed by atoms with E-state index in [0.717, 1.165) is 23.7 Å². The van der Waals surface area contributed by atoms with Crippen LogP contribution < -0.4 is 11.0 Å². The van der Waals surface area contributed by atoms with Crippen molar-refractivity contribution >= 4 is 17.7 Å². The molecule has 2 rings (SSSR count). The highest BCUT2D eigenvalue weighted by Crippen LogP contribution is 2.24.